The minimum Gasteiger partial charge on any atom is -0.381 e. The van der Waals surface area contributed by atoms with Crippen LogP contribution in [0.5, 0.6) is 0 Å². The van der Waals surface area contributed by atoms with Crippen molar-refractivity contribution in [2.45, 2.75) is 18.9 Å². The molecule has 0 spiro atoms. The average molecular weight is 457 g/mol. The number of nitrogens with zero attached hydrogens (tertiary/aromatic N) is 6. The van der Waals surface area contributed by atoms with Crippen molar-refractivity contribution in [2.24, 2.45) is 16.8 Å². The van der Waals surface area contributed by atoms with Crippen molar-refractivity contribution in [1.82, 2.24) is 30.1 Å². The summed E-state index contributed by atoms with van der Waals surface area (Å²) in [6.45, 7) is 2.33. The van der Waals surface area contributed by atoms with Crippen molar-refractivity contribution in [3.63, 3.8) is 0 Å². The number of hydrogen-bond acceptors (Lipinski definition) is 8. The highest BCUT2D eigenvalue weighted by molar-refractivity contribution is 6.43. The topological polar surface area (TPSA) is 122 Å². The molecule has 4 aliphatic heterocycles. The molecule has 33 heavy (non-hydrogen) atoms. The number of aliphatic imine (C=N–C) groups is 1. The number of fused-ring (bicyclic) bond motifs is 1. The van der Waals surface area contributed by atoms with Crippen LogP contribution in [0.3, 0.4) is 0 Å². The van der Waals surface area contributed by atoms with E-state index < -0.39 is 29.5 Å². The highest BCUT2D eigenvalue weighted by atomic mass is 19.1. The van der Waals surface area contributed by atoms with E-state index in [0.717, 1.165) is 19.0 Å². The van der Waals surface area contributed by atoms with E-state index in [1.54, 1.807) is 11.1 Å². The summed E-state index contributed by atoms with van der Waals surface area (Å²) in [5, 5.41) is 10.6. The molecule has 5 heterocycles. The monoisotopic (exact) mass is 457 g/mol. The molecule has 0 radical (unpaired) electrons. The summed E-state index contributed by atoms with van der Waals surface area (Å²) in [4.78, 5) is 45.9. The Hall–Kier alpha value is -3.41. The fourth-order valence-corrected chi connectivity index (χ4v) is 4.69. The number of piperazine rings is 1. The highest BCUT2D eigenvalue weighted by Gasteiger charge is 2.44. The van der Waals surface area contributed by atoms with Gasteiger partial charge < -0.3 is 19.9 Å². The van der Waals surface area contributed by atoms with Crippen molar-refractivity contribution in [3.05, 3.63) is 36.2 Å². The van der Waals surface area contributed by atoms with E-state index in [4.69, 9.17) is 4.74 Å². The smallest absolute Gasteiger partial charge is 0.294 e. The third-order valence-electron chi connectivity index (χ3n) is 6.48. The fraction of sp³-hybridized carbons (Fsp3) is 0.524. The number of aromatic nitrogens is 3. The maximum Gasteiger partial charge on any atom is 0.294 e. The molecule has 0 aromatic carbocycles. The summed E-state index contributed by atoms with van der Waals surface area (Å²) in [6.07, 6.45) is 7.12. The number of rotatable bonds is 3. The second kappa shape index (κ2) is 8.85. The summed E-state index contributed by atoms with van der Waals surface area (Å²) >= 11 is 0. The van der Waals surface area contributed by atoms with Gasteiger partial charge in [-0.25, -0.2) is 14.1 Å². The van der Waals surface area contributed by atoms with Crippen LogP contribution in [0.4, 0.5) is 4.39 Å². The first kappa shape index (κ1) is 21.4. The SMILES string of the molecule is O=C(C(=O)N1CCN(C(=O)C2CCCOC2)CC1)C1=CNC2C(n3ccnn3)=NC=C(F)C12. The number of carbonyl (C=O) groups is 3. The Morgan fingerprint density at radius 1 is 1.15 bits per heavy atom. The van der Waals surface area contributed by atoms with Gasteiger partial charge in [-0.05, 0) is 12.8 Å². The first-order chi connectivity index (χ1) is 16.0. The lowest BCUT2D eigenvalue weighted by Crippen LogP contribution is -2.54. The Bertz CT molecular complexity index is 1040. The third kappa shape index (κ3) is 3.94. The van der Waals surface area contributed by atoms with Gasteiger partial charge in [-0.15, -0.1) is 5.10 Å². The number of nitrogens with one attached hydrogen (secondary N) is 1. The van der Waals surface area contributed by atoms with Gasteiger partial charge in [0.1, 0.15) is 5.83 Å². The number of amides is 2. The lowest BCUT2D eigenvalue weighted by molar-refractivity contribution is -0.148. The maximum absolute atomic E-state index is 14.7. The van der Waals surface area contributed by atoms with Crippen LogP contribution in [0.25, 0.3) is 0 Å². The average Bonchev–Trinajstić information content (AvgIpc) is 3.55. The molecule has 4 aliphatic rings. The molecule has 2 amide bonds. The van der Waals surface area contributed by atoms with Crippen LogP contribution in [0.2, 0.25) is 0 Å². The van der Waals surface area contributed by atoms with Crippen LogP contribution in [-0.4, -0.2) is 93.7 Å². The lowest BCUT2D eigenvalue weighted by Gasteiger charge is -2.37. The van der Waals surface area contributed by atoms with E-state index in [1.165, 1.54) is 22.0 Å². The fourth-order valence-electron chi connectivity index (χ4n) is 4.69. The van der Waals surface area contributed by atoms with Crippen LogP contribution in [0.1, 0.15) is 12.8 Å². The molecule has 0 saturated carbocycles. The van der Waals surface area contributed by atoms with Crippen LogP contribution >= 0.6 is 0 Å². The molecule has 5 rings (SSSR count). The second-order valence-corrected chi connectivity index (χ2v) is 8.43. The van der Waals surface area contributed by atoms with Crippen LogP contribution in [-0.2, 0) is 19.1 Å². The van der Waals surface area contributed by atoms with E-state index in [2.05, 4.69) is 20.6 Å². The van der Waals surface area contributed by atoms with Gasteiger partial charge in [-0.2, -0.15) is 0 Å². The zero-order chi connectivity index (χ0) is 22.9. The van der Waals surface area contributed by atoms with Gasteiger partial charge in [0.2, 0.25) is 11.7 Å². The first-order valence-corrected chi connectivity index (χ1v) is 11.0. The zero-order valence-electron chi connectivity index (χ0n) is 17.9. The Morgan fingerprint density at radius 2 is 1.94 bits per heavy atom. The van der Waals surface area contributed by atoms with E-state index >= 15 is 0 Å². The van der Waals surface area contributed by atoms with Crippen LogP contribution in [0, 0.1) is 11.8 Å². The zero-order valence-corrected chi connectivity index (χ0v) is 17.9. The van der Waals surface area contributed by atoms with E-state index in [9.17, 15) is 18.8 Å². The molecule has 2 fully saturated rings. The number of hydrogen-bond donors (Lipinski definition) is 1. The van der Waals surface area contributed by atoms with Crippen molar-refractivity contribution in [1.29, 1.82) is 0 Å². The Kier molecular flexibility index (Phi) is 5.75. The highest BCUT2D eigenvalue weighted by Crippen LogP contribution is 2.34. The first-order valence-electron chi connectivity index (χ1n) is 11.0. The summed E-state index contributed by atoms with van der Waals surface area (Å²) in [7, 11) is 0. The standard InChI is InChI=1S/C21H24FN7O4/c22-15-11-24-19(29-4-3-25-26-29)17-16(15)14(10-23-17)18(30)21(32)28-7-5-27(6-8-28)20(31)13-2-1-9-33-12-13/h3-4,10-11,13,16-17,23H,1-2,5-9,12H2. The summed E-state index contributed by atoms with van der Waals surface area (Å²) in [6, 6.07) is -0.671. The molecule has 0 aliphatic carbocycles. The molecular formula is C21H24FN7O4. The number of carbonyl (C=O) groups excluding carboxylic acids is 3. The van der Waals surface area contributed by atoms with Gasteiger partial charge in [0, 0.05) is 44.6 Å². The number of halogens is 1. The molecule has 1 aromatic heterocycles. The maximum atomic E-state index is 14.7. The van der Waals surface area contributed by atoms with Gasteiger partial charge in [-0.3, -0.25) is 14.4 Å². The summed E-state index contributed by atoms with van der Waals surface area (Å²) in [5.41, 5.74) is 0.0455. The van der Waals surface area contributed by atoms with Crippen LogP contribution < -0.4 is 5.32 Å². The molecule has 3 unspecified atom stereocenters. The summed E-state index contributed by atoms with van der Waals surface area (Å²) in [5.74, 6) is -2.76. The van der Waals surface area contributed by atoms with Crippen molar-refractivity contribution >= 4 is 23.4 Å². The quantitative estimate of drug-likeness (QED) is 0.607. The third-order valence-corrected chi connectivity index (χ3v) is 6.48. The van der Waals surface area contributed by atoms with Gasteiger partial charge in [0.15, 0.2) is 5.84 Å². The second-order valence-electron chi connectivity index (χ2n) is 8.43. The molecule has 3 atom stereocenters. The van der Waals surface area contributed by atoms with Gasteiger partial charge in [0.05, 0.1) is 43.1 Å². The number of ketones is 1. The lowest BCUT2D eigenvalue weighted by atomic mass is 9.88. The molecule has 1 aromatic rings. The van der Waals surface area contributed by atoms with E-state index in [1.807, 2.05) is 0 Å². The Morgan fingerprint density at radius 3 is 2.64 bits per heavy atom. The molecule has 0 bridgehead atoms. The van der Waals surface area contributed by atoms with Crippen molar-refractivity contribution < 1.29 is 23.5 Å². The van der Waals surface area contributed by atoms with Crippen LogP contribution in [0.15, 0.2) is 41.2 Å². The van der Waals surface area contributed by atoms with Crippen molar-refractivity contribution in [2.75, 3.05) is 39.4 Å². The number of Topliss-reactive ketones (excluding diaryl/α,β-unsaturated/α-hetero) is 1. The Balaban J connectivity index is 1.22. The van der Waals surface area contributed by atoms with Gasteiger partial charge in [-0.1, -0.05) is 5.21 Å². The molecule has 1 N–H and O–H groups in total. The minimum absolute atomic E-state index is 0.0352. The van der Waals surface area contributed by atoms with E-state index in [0.29, 0.717) is 32.1 Å². The predicted molar refractivity (Wildman–Crippen MR) is 112 cm³/mol. The van der Waals surface area contributed by atoms with Crippen molar-refractivity contribution in [3.8, 4) is 0 Å². The van der Waals surface area contributed by atoms with Gasteiger partial charge in [0.25, 0.3) is 5.91 Å². The van der Waals surface area contributed by atoms with Gasteiger partial charge >= 0.3 is 0 Å². The molecular weight excluding hydrogens is 433 g/mol. The predicted octanol–water partition coefficient (Wildman–Crippen LogP) is -0.512. The molecule has 11 nitrogen and oxygen atoms in total. The Labute approximate surface area is 188 Å². The minimum atomic E-state index is -0.965. The molecule has 12 heteroatoms. The number of ether oxygens (including phenoxy) is 1. The molecule has 2 saturated heterocycles. The van der Waals surface area contributed by atoms with E-state index in [-0.39, 0.29) is 30.5 Å². The molecule has 174 valence electrons. The normalized spacial score (nSPS) is 27.2. The largest absolute Gasteiger partial charge is 0.381 e. The summed E-state index contributed by atoms with van der Waals surface area (Å²) < 4.78 is 21.5.